The fourth-order valence-corrected chi connectivity index (χ4v) is 3.15. The summed E-state index contributed by atoms with van der Waals surface area (Å²) in [6.07, 6.45) is 3.10. The third-order valence-corrected chi connectivity index (χ3v) is 4.57. The van der Waals surface area contributed by atoms with Crippen molar-refractivity contribution in [2.75, 3.05) is 5.32 Å². The number of nitrogens with zero attached hydrogens (tertiary/aromatic N) is 2. The topological polar surface area (TPSA) is 106 Å². The summed E-state index contributed by atoms with van der Waals surface area (Å²) >= 11 is 0. The first-order valence-corrected chi connectivity index (χ1v) is 8.71. The first-order chi connectivity index (χ1) is 13.0. The van der Waals surface area contributed by atoms with Gasteiger partial charge in [0.15, 0.2) is 5.76 Å². The van der Waals surface area contributed by atoms with Gasteiger partial charge < -0.3 is 15.1 Å². The van der Waals surface area contributed by atoms with E-state index in [9.17, 15) is 14.4 Å². The Morgan fingerprint density at radius 2 is 2.15 bits per heavy atom. The highest BCUT2D eigenvalue weighted by molar-refractivity contribution is 6.00. The molecule has 8 nitrogen and oxygen atoms in total. The van der Waals surface area contributed by atoms with Gasteiger partial charge >= 0.3 is 0 Å². The van der Waals surface area contributed by atoms with Crippen molar-refractivity contribution in [1.82, 2.24) is 14.9 Å². The van der Waals surface area contributed by atoms with Crippen molar-refractivity contribution in [3.8, 4) is 0 Å². The zero-order valence-electron chi connectivity index (χ0n) is 14.7. The van der Waals surface area contributed by atoms with E-state index in [1.807, 2.05) is 0 Å². The smallest absolute Gasteiger partial charge is 0.287 e. The number of anilines is 1. The zero-order valence-corrected chi connectivity index (χ0v) is 14.7. The van der Waals surface area contributed by atoms with Gasteiger partial charge in [-0.2, -0.15) is 0 Å². The Kier molecular flexibility index (Phi) is 4.23. The van der Waals surface area contributed by atoms with Crippen LogP contribution < -0.4 is 16.2 Å². The lowest BCUT2D eigenvalue weighted by Crippen LogP contribution is -2.41. The third-order valence-electron chi connectivity index (χ3n) is 4.57. The SMILES string of the molecule is C[C@H](NC(=O)c1ccco1)C(=O)Nc1ccc2nc3n(c(=O)c2c1)CCC3. The molecule has 0 spiro atoms. The molecule has 3 aromatic rings. The molecule has 0 saturated carbocycles. The molecule has 0 unspecified atom stereocenters. The molecule has 2 amide bonds. The van der Waals surface area contributed by atoms with Gasteiger partial charge in [-0.05, 0) is 43.7 Å². The lowest BCUT2D eigenvalue weighted by molar-refractivity contribution is -0.117. The van der Waals surface area contributed by atoms with Gasteiger partial charge in [0.05, 0.1) is 17.2 Å². The number of carbonyl (C=O) groups excluding carboxylic acids is 2. The third kappa shape index (κ3) is 3.21. The van der Waals surface area contributed by atoms with Crippen molar-refractivity contribution in [2.24, 2.45) is 0 Å². The molecule has 0 bridgehead atoms. The van der Waals surface area contributed by atoms with Gasteiger partial charge in [-0.3, -0.25) is 19.0 Å². The lowest BCUT2D eigenvalue weighted by atomic mass is 10.2. The number of carbonyl (C=O) groups is 2. The second-order valence-electron chi connectivity index (χ2n) is 6.48. The first-order valence-electron chi connectivity index (χ1n) is 8.71. The molecule has 3 heterocycles. The average molecular weight is 366 g/mol. The van der Waals surface area contributed by atoms with E-state index in [1.54, 1.807) is 35.8 Å². The van der Waals surface area contributed by atoms with Crippen LogP contribution in [0, 0.1) is 0 Å². The minimum absolute atomic E-state index is 0.0947. The molecule has 0 fully saturated rings. The van der Waals surface area contributed by atoms with Gasteiger partial charge in [0.2, 0.25) is 5.91 Å². The van der Waals surface area contributed by atoms with Crippen molar-refractivity contribution in [3.63, 3.8) is 0 Å². The maximum atomic E-state index is 12.6. The Hall–Kier alpha value is -3.42. The summed E-state index contributed by atoms with van der Waals surface area (Å²) in [4.78, 5) is 41.5. The maximum Gasteiger partial charge on any atom is 0.287 e. The largest absolute Gasteiger partial charge is 0.459 e. The molecule has 27 heavy (non-hydrogen) atoms. The van der Waals surface area contributed by atoms with E-state index in [4.69, 9.17) is 4.42 Å². The summed E-state index contributed by atoms with van der Waals surface area (Å²) in [5.74, 6) is 0.0644. The van der Waals surface area contributed by atoms with E-state index in [1.165, 1.54) is 12.3 Å². The molecule has 0 aliphatic carbocycles. The van der Waals surface area contributed by atoms with Crippen LogP contribution in [0.2, 0.25) is 0 Å². The second kappa shape index (κ2) is 6.71. The van der Waals surface area contributed by atoms with Crippen LogP contribution in [0.5, 0.6) is 0 Å². The summed E-state index contributed by atoms with van der Waals surface area (Å²) < 4.78 is 6.69. The van der Waals surface area contributed by atoms with Crippen LogP contribution in [0.3, 0.4) is 0 Å². The van der Waals surface area contributed by atoms with E-state index in [2.05, 4.69) is 15.6 Å². The second-order valence-corrected chi connectivity index (χ2v) is 6.48. The fourth-order valence-electron chi connectivity index (χ4n) is 3.15. The van der Waals surface area contributed by atoms with Gasteiger partial charge in [0.1, 0.15) is 11.9 Å². The quantitative estimate of drug-likeness (QED) is 0.731. The summed E-state index contributed by atoms with van der Waals surface area (Å²) in [7, 11) is 0. The molecule has 1 aliphatic heterocycles. The monoisotopic (exact) mass is 366 g/mol. The van der Waals surface area contributed by atoms with Crippen molar-refractivity contribution in [2.45, 2.75) is 32.4 Å². The molecule has 0 radical (unpaired) electrons. The van der Waals surface area contributed by atoms with Crippen LogP contribution in [0.25, 0.3) is 10.9 Å². The van der Waals surface area contributed by atoms with Crippen molar-refractivity contribution < 1.29 is 14.0 Å². The summed E-state index contributed by atoms with van der Waals surface area (Å²) in [5.41, 5.74) is 0.997. The first kappa shape index (κ1) is 17.0. The predicted molar refractivity (Wildman–Crippen MR) is 98.6 cm³/mol. The number of rotatable bonds is 4. The molecule has 1 aromatic carbocycles. The van der Waals surface area contributed by atoms with E-state index >= 15 is 0 Å². The van der Waals surface area contributed by atoms with Crippen LogP contribution in [0.1, 0.15) is 29.7 Å². The van der Waals surface area contributed by atoms with Crippen molar-refractivity contribution in [3.05, 3.63) is 58.5 Å². The highest BCUT2D eigenvalue weighted by Gasteiger charge is 2.19. The van der Waals surface area contributed by atoms with Gasteiger partial charge in [-0.15, -0.1) is 0 Å². The Balaban J connectivity index is 1.52. The molecule has 1 aliphatic rings. The molecular formula is C19H18N4O4. The highest BCUT2D eigenvalue weighted by atomic mass is 16.3. The van der Waals surface area contributed by atoms with Crippen LogP contribution >= 0.6 is 0 Å². The number of hydrogen-bond donors (Lipinski definition) is 2. The number of furan rings is 1. The van der Waals surface area contributed by atoms with Crippen molar-refractivity contribution in [1.29, 1.82) is 0 Å². The number of nitrogens with one attached hydrogen (secondary N) is 2. The number of benzene rings is 1. The normalized spacial score (nSPS) is 14.0. The molecule has 8 heteroatoms. The Labute approximate surface area is 154 Å². The minimum atomic E-state index is -0.780. The van der Waals surface area contributed by atoms with Crippen LogP contribution in [0.4, 0.5) is 5.69 Å². The Morgan fingerprint density at radius 3 is 2.93 bits per heavy atom. The Morgan fingerprint density at radius 1 is 1.30 bits per heavy atom. The summed E-state index contributed by atoms with van der Waals surface area (Å²) in [6.45, 7) is 2.24. The number of aromatic nitrogens is 2. The van der Waals surface area contributed by atoms with Crippen LogP contribution in [-0.4, -0.2) is 27.4 Å². The van der Waals surface area contributed by atoms with E-state index in [-0.39, 0.29) is 11.3 Å². The predicted octanol–water partition coefficient (Wildman–Crippen LogP) is 1.69. The van der Waals surface area contributed by atoms with E-state index in [0.29, 0.717) is 23.1 Å². The molecular weight excluding hydrogens is 348 g/mol. The summed E-state index contributed by atoms with van der Waals surface area (Å²) in [6, 6.07) is 7.37. The molecule has 138 valence electrons. The standard InChI is InChI=1S/C19H18N4O4/c1-11(20-18(25)15-4-3-9-27-15)17(24)21-12-6-7-14-13(10-12)19(26)23-8-2-5-16(23)22-14/h3-4,6-7,9-11H,2,5,8H2,1H3,(H,20,25)(H,21,24)/t11-/m0/s1. The Bertz CT molecular complexity index is 1090. The number of aryl methyl sites for hydroxylation is 1. The molecule has 4 rings (SSSR count). The van der Waals surface area contributed by atoms with Crippen LogP contribution in [-0.2, 0) is 17.8 Å². The lowest BCUT2D eigenvalue weighted by Gasteiger charge is -2.14. The molecule has 1 atom stereocenters. The number of amides is 2. The van der Waals surface area contributed by atoms with Gasteiger partial charge in [-0.1, -0.05) is 0 Å². The average Bonchev–Trinajstić information content (AvgIpc) is 3.34. The summed E-state index contributed by atoms with van der Waals surface area (Å²) in [5, 5.41) is 5.74. The number of hydrogen-bond acceptors (Lipinski definition) is 5. The van der Waals surface area contributed by atoms with E-state index < -0.39 is 17.9 Å². The minimum Gasteiger partial charge on any atom is -0.459 e. The molecule has 0 saturated heterocycles. The van der Waals surface area contributed by atoms with E-state index in [0.717, 1.165) is 18.7 Å². The van der Waals surface area contributed by atoms with Gasteiger partial charge in [0, 0.05) is 18.7 Å². The molecule has 2 N–H and O–H groups in total. The van der Waals surface area contributed by atoms with Crippen molar-refractivity contribution >= 4 is 28.4 Å². The highest BCUT2D eigenvalue weighted by Crippen LogP contribution is 2.18. The molecule has 2 aromatic heterocycles. The zero-order chi connectivity index (χ0) is 19.0. The van der Waals surface area contributed by atoms with Gasteiger partial charge in [0.25, 0.3) is 11.5 Å². The van der Waals surface area contributed by atoms with Crippen LogP contribution in [0.15, 0.2) is 45.8 Å². The fraction of sp³-hybridized carbons (Fsp3) is 0.263. The maximum absolute atomic E-state index is 12.6. The number of fused-ring (bicyclic) bond motifs is 2. The van der Waals surface area contributed by atoms with Gasteiger partial charge in [-0.25, -0.2) is 4.98 Å².